The van der Waals surface area contributed by atoms with E-state index < -0.39 is 0 Å². The van der Waals surface area contributed by atoms with Crippen molar-refractivity contribution in [3.63, 3.8) is 0 Å². The zero-order chi connectivity index (χ0) is 16.8. The number of hydrogen-bond donors (Lipinski definition) is 2. The second kappa shape index (κ2) is 8.87. The molecule has 0 amide bonds. The fraction of sp³-hybridized carbons (Fsp3) is 0.400. The van der Waals surface area contributed by atoms with Crippen molar-refractivity contribution in [1.82, 2.24) is 10.6 Å². The van der Waals surface area contributed by atoms with E-state index in [1.165, 1.54) is 25.7 Å². The highest BCUT2D eigenvalue weighted by molar-refractivity contribution is 6.31. The third-order valence-corrected chi connectivity index (χ3v) is 5.53. The van der Waals surface area contributed by atoms with Gasteiger partial charge in [0.25, 0.3) is 0 Å². The van der Waals surface area contributed by atoms with Gasteiger partial charge in [-0.1, -0.05) is 72.4 Å². The molecule has 1 saturated carbocycles. The first-order valence-corrected chi connectivity index (χ1v) is 9.43. The summed E-state index contributed by atoms with van der Waals surface area (Å²) in [6.07, 6.45) is 4.96. The maximum absolute atomic E-state index is 6.27. The van der Waals surface area contributed by atoms with Crippen LogP contribution in [0.25, 0.3) is 0 Å². The van der Waals surface area contributed by atoms with Crippen molar-refractivity contribution in [3.8, 4) is 0 Å². The van der Waals surface area contributed by atoms with Gasteiger partial charge in [0.1, 0.15) is 0 Å². The van der Waals surface area contributed by atoms with Crippen LogP contribution in [-0.2, 0) is 13.1 Å². The monoisotopic (exact) mass is 362 g/mol. The molecule has 24 heavy (non-hydrogen) atoms. The lowest BCUT2D eigenvalue weighted by molar-refractivity contribution is 0.281. The summed E-state index contributed by atoms with van der Waals surface area (Å²) in [5.41, 5.74) is 2.32. The number of nitrogens with one attached hydrogen (secondary N) is 2. The quantitative estimate of drug-likeness (QED) is 0.739. The lowest BCUT2D eigenvalue weighted by atomic mass is 9.90. The van der Waals surface area contributed by atoms with Gasteiger partial charge in [0.05, 0.1) is 0 Å². The van der Waals surface area contributed by atoms with Crippen molar-refractivity contribution in [2.75, 3.05) is 0 Å². The van der Waals surface area contributed by atoms with Crippen molar-refractivity contribution in [3.05, 3.63) is 69.7 Å². The van der Waals surface area contributed by atoms with E-state index in [-0.39, 0.29) is 0 Å². The molecule has 0 aromatic heterocycles. The van der Waals surface area contributed by atoms with Gasteiger partial charge in [0.15, 0.2) is 0 Å². The summed E-state index contributed by atoms with van der Waals surface area (Å²) in [5.74, 6) is 0. The minimum absolute atomic E-state index is 0.470. The molecule has 1 aliphatic carbocycles. The van der Waals surface area contributed by atoms with Crippen LogP contribution in [0.2, 0.25) is 10.0 Å². The van der Waals surface area contributed by atoms with Crippen molar-refractivity contribution >= 4 is 23.2 Å². The first-order chi connectivity index (χ1) is 11.7. The summed E-state index contributed by atoms with van der Waals surface area (Å²) in [6.45, 7) is 1.63. The van der Waals surface area contributed by atoms with E-state index in [1.54, 1.807) is 0 Å². The van der Waals surface area contributed by atoms with Gasteiger partial charge in [0.2, 0.25) is 0 Å². The van der Waals surface area contributed by atoms with Crippen LogP contribution in [0.4, 0.5) is 0 Å². The van der Waals surface area contributed by atoms with Crippen LogP contribution in [0.3, 0.4) is 0 Å². The molecule has 4 heteroatoms. The minimum atomic E-state index is 0.470. The van der Waals surface area contributed by atoms with Crippen LogP contribution in [-0.4, -0.2) is 12.1 Å². The van der Waals surface area contributed by atoms with Gasteiger partial charge in [-0.05, 0) is 36.1 Å². The average Bonchev–Trinajstić information content (AvgIpc) is 2.61. The molecule has 128 valence electrons. The predicted molar refractivity (Wildman–Crippen MR) is 103 cm³/mol. The summed E-state index contributed by atoms with van der Waals surface area (Å²) < 4.78 is 0. The molecule has 0 radical (unpaired) electrons. The van der Waals surface area contributed by atoms with Gasteiger partial charge in [0, 0.05) is 35.2 Å². The molecule has 0 saturated heterocycles. The third kappa shape index (κ3) is 4.73. The molecule has 0 bridgehead atoms. The highest BCUT2D eigenvalue weighted by Gasteiger charge is 2.24. The maximum Gasteiger partial charge on any atom is 0.0450 e. The normalized spacial score (nSPS) is 20.9. The Morgan fingerprint density at radius 3 is 1.54 bits per heavy atom. The van der Waals surface area contributed by atoms with Crippen LogP contribution in [0, 0.1) is 0 Å². The molecule has 0 spiro atoms. The van der Waals surface area contributed by atoms with Crippen LogP contribution >= 0.6 is 23.2 Å². The first kappa shape index (κ1) is 17.8. The highest BCUT2D eigenvalue weighted by Crippen LogP contribution is 2.22. The summed E-state index contributed by atoms with van der Waals surface area (Å²) in [7, 11) is 0. The second-order valence-electron chi connectivity index (χ2n) is 6.44. The zero-order valence-electron chi connectivity index (χ0n) is 13.8. The molecule has 2 aromatic rings. The Bertz CT molecular complexity index is 602. The van der Waals surface area contributed by atoms with E-state index in [1.807, 2.05) is 36.4 Å². The van der Waals surface area contributed by atoms with Crippen LogP contribution in [0.5, 0.6) is 0 Å². The second-order valence-corrected chi connectivity index (χ2v) is 7.26. The van der Waals surface area contributed by atoms with Gasteiger partial charge >= 0.3 is 0 Å². The van der Waals surface area contributed by atoms with E-state index >= 15 is 0 Å². The van der Waals surface area contributed by atoms with Crippen molar-refractivity contribution < 1.29 is 0 Å². The molecular formula is C20H24Cl2N2. The Morgan fingerprint density at radius 2 is 1.12 bits per heavy atom. The number of halogens is 2. The minimum Gasteiger partial charge on any atom is -0.308 e. The molecule has 2 aromatic carbocycles. The fourth-order valence-corrected chi connectivity index (χ4v) is 3.79. The molecule has 3 rings (SSSR count). The molecule has 1 aliphatic rings. The van der Waals surface area contributed by atoms with Gasteiger partial charge in [-0.2, -0.15) is 0 Å². The molecule has 2 nitrogen and oxygen atoms in total. The number of rotatable bonds is 6. The molecular weight excluding hydrogens is 339 g/mol. The fourth-order valence-electron chi connectivity index (χ4n) is 3.39. The Hall–Kier alpha value is -1.06. The lowest BCUT2D eigenvalue weighted by Gasteiger charge is -2.33. The molecule has 2 N–H and O–H groups in total. The molecule has 2 unspecified atom stereocenters. The average molecular weight is 363 g/mol. The van der Waals surface area contributed by atoms with Crippen LogP contribution < -0.4 is 10.6 Å². The predicted octanol–water partition coefficient (Wildman–Crippen LogP) is 5.18. The zero-order valence-corrected chi connectivity index (χ0v) is 15.3. The molecule has 1 fully saturated rings. The molecule has 0 heterocycles. The van der Waals surface area contributed by atoms with E-state index in [9.17, 15) is 0 Å². The summed E-state index contributed by atoms with van der Waals surface area (Å²) in [6, 6.07) is 17.0. The van der Waals surface area contributed by atoms with E-state index in [2.05, 4.69) is 22.8 Å². The van der Waals surface area contributed by atoms with Gasteiger partial charge in [-0.15, -0.1) is 0 Å². The number of benzene rings is 2. The Morgan fingerprint density at radius 1 is 0.708 bits per heavy atom. The molecule has 0 aliphatic heterocycles. The van der Waals surface area contributed by atoms with Crippen LogP contribution in [0.15, 0.2) is 48.5 Å². The van der Waals surface area contributed by atoms with Gasteiger partial charge in [-0.3, -0.25) is 0 Å². The highest BCUT2D eigenvalue weighted by atomic mass is 35.5. The van der Waals surface area contributed by atoms with E-state index in [0.29, 0.717) is 12.1 Å². The lowest BCUT2D eigenvalue weighted by Crippen LogP contribution is -2.49. The van der Waals surface area contributed by atoms with E-state index in [0.717, 1.165) is 34.3 Å². The summed E-state index contributed by atoms with van der Waals surface area (Å²) >= 11 is 12.5. The van der Waals surface area contributed by atoms with Gasteiger partial charge in [-0.25, -0.2) is 0 Å². The largest absolute Gasteiger partial charge is 0.308 e. The SMILES string of the molecule is Clc1ccccc1CNC1CCCCC1NCc1ccccc1Cl. The summed E-state index contributed by atoms with van der Waals surface area (Å²) in [4.78, 5) is 0. The summed E-state index contributed by atoms with van der Waals surface area (Å²) in [5, 5.41) is 9.07. The maximum atomic E-state index is 6.27. The van der Waals surface area contributed by atoms with Crippen molar-refractivity contribution in [1.29, 1.82) is 0 Å². The van der Waals surface area contributed by atoms with E-state index in [4.69, 9.17) is 23.2 Å². The first-order valence-electron chi connectivity index (χ1n) is 8.67. The standard InChI is InChI=1S/C20H24Cl2N2/c21-17-9-3-1-7-15(17)13-23-19-11-5-6-12-20(19)24-14-16-8-2-4-10-18(16)22/h1-4,7-10,19-20,23-24H,5-6,11-14H2. The van der Waals surface area contributed by atoms with Crippen molar-refractivity contribution in [2.45, 2.75) is 50.9 Å². The van der Waals surface area contributed by atoms with Crippen LogP contribution in [0.1, 0.15) is 36.8 Å². The Kier molecular flexibility index (Phi) is 6.56. The Balaban J connectivity index is 1.57. The molecule has 2 atom stereocenters. The topological polar surface area (TPSA) is 24.1 Å². The smallest absolute Gasteiger partial charge is 0.0450 e. The third-order valence-electron chi connectivity index (χ3n) is 4.79. The number of hydrogen-bond acceptors (Lipinski definition) is 2. The van der Waals surface area contributed by atoms with Crippen molar-refractivity contribution in [2.24, 2.45) is 0 Å². The van der Waals surface area contributed by atoms with Gasteiger partial charge < -0.3 is 10.6 Å². The Labute approximate surface area is 154 Å².